The fraction of sp³-hybridized carbons (Fsp3) is 1.00. The van der Waals surface area contributed by atoms with Crippen molar-refractivity contribution in [3.63, 3.8) is 0 Å². The van der Waals surface area contributed by atoms with Crippen LogP contribution in [0.3, 0.4) is 0 Å². The monoisotopic (exact) mass is 355 g/mol. The minimum Gasteiger partial charge on any atom is -0.325 e. The summed E-state index contributed by atoms with van der Waals surface area (Å²) in [5.41, 5.74) is 6.59. The average molecular weight is 355 g/mol. The minimum atomic E-state index is 0. The maximum absolute atomic E-state index is 6.49. The number of halogens is 1. The topological polar surface area (TPSA) is 26.0 Å². The van der Waals surface area contributed by atoms with Crippen molar-refractivity contribution in [2.45, 2.75) is 91.0 Å². The van der Waals surface area contributed by atoms with E-state index in [1.807, 2.05) is 0 Å². The van der Waals surface area contributed by atoms with E-state index < -0.39 is 0 Å². The molecule has 2 N–H and O–H groups in total. The fourth-order valence-corrected chi connectivity index (χ4v) is 2.72. The number of rotatable bonds is 10. The third-order valence-electron chi connectivity index (χ3n) is 4.28. The van der Waals surface area contributed by atoms with E-state index in [-0.39, 0.29) is 29.5 Å². The van der Waals surface area contributed by atoms with Crippen LogP contribution in [-0.4, -0.2) is 5.54 Å². The van der Waals surface area contributed by atoms with Gasteiger partial charge in [0.2, 0.25) is 0 Å². The van der Waals surface area contributed by atoms with Crippen molar-refractivity contribution >= 4 is 24.0 Å². The van der Waals surface area contributed by atoms with Gasteiger partial charge in [0, 0.05) is 5.54 Å². The molecule has 0 amide bonds. The van der Waals surface area contributed by atoms with Gasteiger partial charge in [-0.25, -0.2) is 0 Å². The zero-order valence-corrected chi connectivity index (χ0v) is 14.8. The van der Waals surface area contributed by atoms with E-state index in [9.17, 15) is 0 Å². The molecule has 0 saturated carbocycles. The number of hydrogen-bond donors (Lipinski definition) is 1. The van der Waals surface area contributed by atoms with Crippen molar-refractivity contribution in [2.24, 2.45) is 11.7 Å². The second-order valence-corrected chi connectivity index (χ2v) is 5.25. The van der Waals surface area contributed by atoms with Crippen LogP contribution in [0, 0.1) is 5.92 Å². The van der Waals surface area contributed by atoms with Crippen LogP contribution < -0.4 is 5.73 Å². The van der Waals surface area contributed by atoms with Crippen LogP contribution in [0.15, 0.2) is 0 Å². The highest BCUT2D eigenvalue weighted by Crippen LogP contribution is 2.29. The Balaban J connectivity index is 0. The highest BCUT2D eigenvalue weighted by atomic mass is 127. The molecule has 0 bridgehead atoms. The van der Waals surface area contributed by atoms with Crippen LogP contribution in [-0.2, 0) is 0 Å². The van der Waals surface area contributed by atoms with E-state index in [2.05, 4.69) is 27.7 Å². The molecule has 0 aliphatic heterocycles. The lowest BCUT2D eigenvalue weighted by Crippen LogP contribution is -2.45. The van der Waals surface area contributed by atoms with Gasteiger partial charge in [0.15, 0.2) is 0 Å². The molecular formula is C15H34IN. The van der Waals surface area contributed by atoms with Gasteiger partial charge in [-0.1, -0.05) is 66.2 Å². The number of nitrogens with two attached hydrogens (primary N) is 1. The molecule has 0 aromatic carbocycles. The Morgan fingerprint density at radius 2 is 1.41 bits per heavy atom. The van der Waals surface area contributed by atoms with Crippen molar-refractivity contribution in [2.75, 3.05) is 0 Å². The first-order valence-electron chi connectivity index (χ1n) is 7.43. The van der Waals surface area contributed by atoms with Crippen LogP contribution in [0.5, 0.6) is 0 Å². The lowest BCUT2D eigenvalue weighted by molar-refractivity contribution is 0.225. The summed E-state index contributed by atoms with van der Waals surface area (Å²) < 4.78 is 0. The van der Waals surface area contributed by atoms with Crippen LogP contribution in [0.2, 0.25) is 0 Å². The van der Waals surface area contributed by atoms with Crippen LogP contribution in [0.25, 0.3) is 0 Å². The summed E-state index contributed by atoms with van der Waals surface area (Å²) >= 11 is 0. The largest absolute Gasteiger partial charge is 0.325 e. The number of hydrogen-bond acceptors (Lipinski definition) is 1. The minimum absolute atomic E-state index is 0. The van der Waals surface area contributed by atoms with Crippen LogP contribution >= 0.6 is 24.0 Å². The molecule has 0 heterocycles. The Morgan fingerprint density at radius 1 is 0.882 bits per heavy atom. The quantitative estimate of drug-likeness (QED) is 0.406. The summed E-state index contributed by atoms with van der Waals surface area (Å²) in [6.45, 7) is 9.05. The first-order chi connectivity index (χ1) is 7.64. The third kappa shape index (κ3) is 7.66. The van der Waals surface area contributed by atoms with Crippen LogP contribution in [0.4, 0.5) is 0 Å². The van der Waals surface area contributed by atoms with Crippen molar-refractivity contribution in [3.8, 4) is 0 Å². The van der Waals surface area contributed by atoms with Gasteiger partial charge in [-0.3, -0.25) is 0 Å². The molecule has 17 heavy (non-hydrogen) atoms. The molecule has 1 unspecified atom stereocenters. The standard InChI is InChI=1S/C15H33N.HI/c1-5-9-10-11-12-13-14(6-2)15(16,7-3)8-4;/h14H,5-13,16H2,1-4H3;1H. The maximum atomic E-state index is 6.49. The zero-order chi connectivity index (χ0) is 12.4. The lowest BCUT2D eigenvalue weighted by Gasteiger charge is -2.36. The smallest absolute Gasteiger partial charge is 0.0177 e. The van der Waals surface area contributed by atoms with Crippen molar-refractivity contribution in [1.82, 2.24) is 0 Å². The van der Waals surface area contributed by atoms with E-state index >= 15 is 0 Å². The Bertz CT molecular complexity index is 155. The SMILES string of the molecule is CCCCCCCC(CC)C(N)(CC)CC.I. The van der Waals surface area contributed by atoms with Gasteiger partial charge in [0.25, 0.3) is 0 Å². The molecule has 1 nitrogen and oxygen atoms in total. The molecule has 0 fully saturated rings. The fourth-order valence-electron chi connectivity index (χ4n) is 2.72. The molecule has 0 aromatic rings. The predicted octanol–water partition coefficient (Wildman–Crippen LogP) is 5.51. The van der Waals surface area contributed by atoms with E-state index in [1.54, 1.807) is 0 Å². The predicted molar refractivity (Wildman–Crippen MR) is 90.1 cm³/mol. The zero-order valence-electron chi connectivity index (χ0n) is 12.4. The Hall–Kier alpha value is 0.690. The summed E-state index contributed by atoms with van der Waals surface area (Å²) in [7, 11) is 0. The summed E-state index contributed by atoms with van der Waals surface area (Å²) in [6, 6.07) is 0. The third-order valence-corrected chi connectivity index (χ3v) is 4.28. The molecule has 0 aliphatic carbocycles. The highest BCUT2D eigenvalue weighted by molar-refractivity contribution is 14.0. The van der Waals surface area contributed by atoms with E-state index in [0.717, 1.165) is 18.8 Å². The van der Waals surface area contributed by atoms with Gasteiger partial charge in [-0.15, -0.1) is 24.0 Å². The summed E-state index contributed by atoms with van der Waals surface area (Å²) in [5, 5.41) is 0. The van der Waals surface area contributed by atoms with Gasteiger partial charge < -0.3 is 5.73 Å². The molecular weight excluding hydrogens is 321 g/mol. The van der Waals surface area contributed by atoms with Gasteiger partial charge in [0.1, 0.15) is 0 Å². The Kier molecular flexibility index (Phi) is 13.8. The van der Waals surface area contributed by atoms with Gasteiger partial charge in [-0.2, -0.15) is 0 Å². The summed E-state index contributed by atoms with van der Waals surface area (Å²) in [5.74, 6) is 0.726. The molecule has 0 spiro atoms. The Morgan fingerprint density at radius 3 is 1.82 bits per heavy atom. The normalized spacial score (nSPS) is 13.2. The summed E-state index contributed by atoms with van der Waals surface area (Å²) in [4.78, 5) is 0. The first-order valence-corrected chi connectivity index (χ1v) is 7.43. The van der Waals surface area contributed by atoms with Crippen molar-refractivity contribution in [3.05, 3.63) is 0 Å². The molecule has 0 rings (SSSR count). The van der Waals surface area contributed by atoms with Gasteiger partial charge in [0.05, 0.1) is 0 Å². The average Bonchev–Trinajstić information content (AvgIpc) is 2.33. The Labute approximate surface area is 126 Å². The molecule has 0 aromatic heterocycles. The van der Waals surface area contributed by atoms with Gasteiger partial charge in [-0.05, 0) is 25.2 Å². The molecule has 1 atom stereocenters. The number of unbranched alkanes of at least 4 members (excludes halogenated alkanes) is 4. The molecule has 0 saturated heterocycles. The molecule has 2 heteroatoms. The summed E-state index contributed by atoms with van der Waals surface area (Å²) in [6.07, 6.45) is 11.7. The first kappa shape index (κ1) is 20.0. The van der Waals surface area contributed by atoms with Crippen LogP contribution in [0.1, 0.15) is 85.5 Å². The second kappa shape index (κ2) is 11.8. The molecule has 106 valence electrons. The van der Waals surface area contributed by atoms with E-state index in [4.69, 9.17) is 5.73 Å². The second-order valence-electron chi connectivity index (χ2n) is 5.25. The van der Waals surface area contributed by atoms with Crippen molar-refractivity contribution < 1.29 is 0 Å². The highest BCUT2D eigenvalue weighted by Gasteiger charge is 2.29. The van der Waals surface area contributed by atoms with E-state index in [1.165, 1.54) is 44.9 Å². The van der Waals surface area contributed by atoms with Gasteiger partial charge >= 0.3 is 0 Å². The lowest BCUT2D eigenvalue weighted by atomic mass is 9.76. The molecule has 0 radical (unpaired) electrons. The molecule has 0 aliphatic rings. The maximum Gasteiger partial charge on any atom is 0.0177 e. The van der Waals surface area contributed by atoms with Crippen molar-refractivity contribution in [1.29, 1.82) is 0 Å². The van der Waals surface area contributed by atoms with E-state index in [0.29, 0.717) is 0 Å².